The molecule has 1 aromatic rings. The van der Waals surface area contributed by atoms with Gasteiger partial charge in [-0.2, -0.15) is 0 Å². The molecule has 1 atom stereocenters. The fourth-order valence-corrected chi connectivity index (χ4v) is 4.54. The summed E-state index contributed by atoms with van der Waals surface area (Å²) in [6, 6.07) is 4.28. The molecule has 0 amide bonds. The van der Waals surface area contributed by atoms with Gasteiger partial charge in [0.15, 0.2) is 4.67 Å². The monoisotopic (exact) mass is 378 g/mol. The van der Waals surface area contributed by atoms with Crippen LogP contribution in [0.3, 0.4) is 0 Å². The van der Waals surface area contributed by atoms with E-state index in [1.807, 2.05) is 19.1 Å². The van der Waals surface area contributed by atoms with Gasteiger partial charge >= 0.3 is 0 Å². The number of hydrogen-bond donors (Lipinski definition) is 1. The predicted octanol–water partition coefficient (Wildman–Crippen LogP) is 2.90. The van der Waals surface area contributed by atoms with Gasteiger partial charge in [-0.25, -0.2) is 12.7 Å². The van der Waals surface area contributed by atoms with E-state index >= 15 is 0 Å². The molecule has 21 heavy (non-hydrogen) atoms. The zero-order valence-corrected chi connectivity index (χ0v) is 14.9. The van der Waals surface area contributed by atoms with Gasteiger partial charge in [0.1, 0.15) is 5.76 Å². The lowest BCUT2D eigenvalue weighted by Crippen LogP contribution is -2.46. The van der Waals surface area contributed by atoms with Crippen molar-refractivity contribution in [3.05, 3.63) is 22.6 Å². The highest BCUT2D eigenvalue weighted by Gasteiger charge is 2.28. The third-order valence-corrected chi connectivity index (χ3v) is 6.32. The van der Waals surface area contributed by atoms with Crippen LogP contribution in [0.4, 0.5) is 0 Å². The molecular weight excluding hydrogens is 356 g/mol. The predicted molar refractivity (Wildman–Crippen MR) is 86.6 cm³/mol. The Bertz CT molecular complexity index is 550. The third-order valence-electron chi connectivity index (χ3n) is 3.82. The Labute approximate surface area is 135 Å². The molecule has 2 heterocycles. The molecule has 0 bridgehead atoms. The van der Waals surface area contributed by atoms with Crippen LogP contribution in [0.5, 0.6) is 0 Å². The van der Waals surface area contributed by atoms with Gasteiger partial charge in [-0.3, -0.25) is 0 Å². The van der Waals surface area contributed by atoms with E-state index in [-0.39, 0.29) is 11.8 Å². The normalized spacial score (nSPS) is 19.8. The number of furan rings is 1. The van der Waals surface area contributed by atoms with Crippen molar-refractivity contribution in [1.29, 1.82) is 0 Å². The molecule has 5 nitrogen and oxygen atoms in total. The maximum atomic E-state index is 12.0. The van der Waals surface area contributed by atoms with Crippen LogP contribution in [0.25, 0.3) is 0 Å². The summed E-state index contributed by atoms with van der Waals surface area (Å²) in [5, 5.41) is 3.52. The Morgan fingerprint density at radius 2 is 2.10 bits per heavy atom. The molecule has 1 unspecified atom stereocenters. The Kier molecular flexibility index (Phi) is 5.88. The molecule has 1 saturated heterocycles. The van der Waals surface area contributed by atoms with Crippen molar-refractivity contribution < 1.29 is 12.8 Å². The minimum absolute atomic E-state index is 0.125. The van der Waals surface area contributed by atoms with Crippen molar-refractivity contribution in [3.8, 4) is 0 Å². The highest BCUT2D eigenvalue weighted by atomic mass is 79.9. The molecule has 0 spiro atoms. The molecule has 0 aliphatic carbocycles. The molecule has 1 N–H and O–H groups in total. The number of halogens is 1. The van der Waals surface area contributed by atoms with E-state index < -0.39 is 10.0 Å². The van der Waals surface area contributed by atoms with Gasteiger partial charge < -0.3 is 9.73 Å². The lowest BCUT2D eigenvalue weighted by Gasteiger charge is -2.32. The standard InChI is InChI=1S/C14H23BrN2O3S/c1-3-10-21(18,19)17-8-6-12(7-9-17)16-11(2)13-4-5-14(15)20-13/h4-5,11-12,16H,3,6-10H2,1-2H3. The van der Waals surface area contributed by atoms with Crippen LogP contribution >= 0.6 is 15.9 Å². The molecular formula is C14H23BrN2O3S. The lowest BCUT2D eigenvalue weighted by atomic mass is 10.1. The number of sulfonamides is 1. The van der Waals surface area contributed by atoms with Crippen LogP contribution in [0.15, 0.2) is 21.2 Å². The average Bonchev–Trinajstić information content (AvgIpc) is 2.86. The quantitative estimate of drug-likeness (QED) is 0.826. The molecule has 1 fully saturated rings. The fourth-order valence-electron chi connectivity index (χ4n) is 2.68. The van der Waals surface area contributed by atoms with E-state index in [4.69, 9.17) is 4.42 Å². The maximum absolute atomic E-state index is 12.0. The number of piperidine rings is 1. The summed E-state index contributed by atoms with van der Waals surface area (Å²) in [5.74, 6) is 1.14. The second-order valence-electron chi connectivity index (χ2n) is 5.52. The smallest absolute Gasteiger partial charge is 0.214 e. The molecule has 0 radical (unpaired) electrons. The summed E-state index contributed by atoms with van der Waals surface area (Å²) >= 11 is 3.30. The zero-order valence-electron chi connectivity index (χ0n) is 12.5. The fraction of sp³-hybridized carbons (Fsp3) is 0.714. The molecule has 7 heteroatoms. The highest BCUT2D eigenvalue weighted by Crippen LogP contribution is 2.22. The third kappa shape index (κ3) is 4.55. The molecule has 0 aromatic carbocycles. The van der Waals surface area contributed by atoms with Crippen LogP contribution in [0.2, 0.25) is 0 Å². The Morgan fingerprint density at radius 3 is 2.62 bits per heavy atom. The maximum Gasteiger partial charge on any atom is 0.214 e. The van der Waals surface area contributed by atoms with Crippen LogP contribution in [0.1, 0.15) is 44.9 Å². The van der Waals surface area contributed by atoms with Crippen molar-refractivity contribution >= 4 is 26.0 Å². The molecule has 1 aliphatic heterocycles. The van der Waals surface area contributed by atoms with Gasteiger partial charge in [0, 0.05) is 19.1 Å². The van der Waals surface area contributed by atoms with E-state index in [1.54, 1.807) is 4.31 Å². The van der Waals surface area contributed by atoms with Crippen molar-refractivity contribution in [2.45, 2.75) is 45.2 Å². The Morgan fingerprint density at radius 1 is 1.43 bits per heavy atom. The minimum atomic E-state index is -3.05. The number of hydrogen-bond acceptors (Lipinski definition) is 4. The molecule has 2 rings (SSSR count). The second-order valence-corrected chi connectivity index (χ2v) is 8.39. The van der Waals surface area contributed by atoms with Crippen molar-refractivity contribution in [2.75, 3.05) is 18.8 Å². The first-order chi connectivity index (χ1) is 9.92. The largest absolute Gasteiger partial charge is 0.453 e. The van der Waals surface area contributed by atoms with Crippen LogP contribution in [-0.4, -0.2) is 37.6 Å². The van der Waals surface area contributed by atoms with Crippen molar-refractivity contribution in [2.24, 2.45) is 0 Å². The van der Waals surface area contributed by atoms with E-state index in [2.05, 4.69) is 28.2 Å². The number of nitrogens with one attached hydrogen (secondary N) is 1. The summed E-state index contributed by atoms with van der Waals surface area (Å²) in [5.41, 5.74) is 0. The van der Waals surface area contributed by atoms with Gasteiger partial charge in [0.25, 0.3) is 0 Å². The van der Waals surface area contributed by atoms with Gasteiger partial charge in [0.05, 0.1) is 11.8 Å². The summed E-state index contributed by atoms with van der Waals surface area (Å²) in [6.07, 6.45) is 2.36. The first kappa shape index (κ1) is 17.0. The molecule has 1 aliphatic rings. The first-order valence-corrected chi connectivity index (χ1v) is 9.81. The zero-order chi connectivity index (χ0) is 15.5. The molecule has 0 saturated carbocycles. The first-order valence-electron chi connectivity index (χ1n) is 7.41. The Balaban J connectivity index is 1.84. The van der Waals surface area contributed by atoms with Gasteiger partial charge in [-0.1, -0.05) is 6.92 Å². The second kappa shape index (κ2) is 7.26. The Hall–Kier alpha value is -0.370. The topological polar surface area (TPSA) is 62.6 Å². The van der Waals surface area contributed by atoms with Crippen LogP contribution in [-0.2, 0) is 10.0 Å². The van der Waals surface area contributed by atoms with Gasteiger partial charge in [0.2, 0.25) is 10.0 Å². The SMILES string of the molecule is CCCS(=O)(=O)N1CCC(NC(C)c2ccc(Br)o2)CC1. The van der Waals surface area contributed by atoms with Crippen LogP contribution < -0.4 is 5.32 Å². The highest BCUT2D eigenvalue weighted by molar-refractivity contribution is 9.10. The van der Waals surface area contributed by atoms with Gasteiger partial charge in [-0.15, -0.1) is 0 Å². The lowest BCUT2D eigenvalue weighted by molar-refractivity contribution is 0.267. The van der Waals surface area contributed by atoms with Crippen LogP contribution in [0, 0.1) is 0 Å². The summed E-state index contributed by atoms with van der Waals surface area (Å²) < 4.78 is 31.9. The van der Waals surface area contributed by atoms with E-state index in [0.717, 1.165) is 23.3 Å². The number of rotatable bonds is 6. The van der Waals surface area contributed by atoms with E-state index in [9.17, 15) is 8.42 Å². The van der Waals surface area contributed by atoms with Crippen molar-refractivity contribution in [1.82, 2.24) is 9.62 Å². The molecule has 1 aromatic heterocycles. The van der Waals surface area contributed by atoms with E-state index in [1.165, 1.54) is 0 Å². The molecule has 120 valence electrons. The minimum Gasteiger partial charge on any atom is -0.453 e. The van der Waals surface area contributed by atoms with Gasteiger partial charge in [-0.05, 0) is 54.2 Å². The van der Waals surface area contributed by atoms with Crippen molar-refractivity contribution in [3.63, 3.8) is 0 Å². The summed E-state index contributed by atoms with van der Waals surface area (Å²) in [6.45, 7) is 5.17. The summed E-state index contributed by atoms with van der Waals surface area (Å²) in [4.78, 5) is 0. The average molecular weight is 379 g/mol. The van der Waals surface area contributed by atoms with E-state index in [0.29, 0.717) is 25.6 Å². The summed E-state index contributed by atoms with van der Waals surface area (Å²) in [7, 11) is -3.05. The number of nitrogens with zero attached hydrogens (tertiary/aromatic N) is 1.